The number of rotatable bonds is 1. The molecule has 3 nitrogen and oxygen atoms in total. The van der Waals surface area contributed by atoms with E-state index >= 15 is 0 Å². The minimum Gasteiger partial charge on any atom is -0.323 e. The second kappa shape index (κ2) is 3.02. The van der Waals surface area contributed by atoms with Crippen molar-refractivity contribution in [1.82, 2.24) is 9.97 Å². The number of aryl methyl sites for hydroxylation is 1. The monoisotopic (exact) mass is 189 g/mol. The number of hydrogen-bond donors (Lipinski definition) is 1. The van der Waals surface area contributed by atoms with Crippen LogP contribution >= 0.6 is 0 Å². The van der Waals surface area contributed by atoms with Crippen molar-refractivity contribution in [3.63, 3.8) is 0 Å². The van der Waals surface area contributed by atoms with Gasteiger partial charge in [-0.15, -0.1) is 0 Å². The lowest BCUT2D eigenvalue weighted by atomic mass is 9.96. The molecule has 3 rings (SSSR count). The van der Waals surface area contributed by atoms with Gasteiger partial charge in [-0.25, -0.2) is 0 Å². The molecule has 0 radical (unpaired) electrons. The van der Waals surface area contributed by atoms with E-state index in [4.69, 9.17) is 5.73 Å². The van der Waals surface area contributed by atoms with E-state index in [1.165, 1.54) is 18.5 Å². The van der Waals surface area contributed by atoms with E-state index < -0.39 is 0 Å². The summed E-state index contributed by atoms with van der Waals surface area (Å²) in [5.41, 5.74) is 9.40. The Labute approximate surface area is 83.8 Å². The second-order valence-corrected chi connectivity index (χ2v) is 4.40. The zero-order valence-electron chi connectivity index (χ0n) is 8.24. The molecule has 0 spiro atoms. The molecule has 1 unspecified atom stereocenters. The highest BCUT2D eigenvalue weighted by Gasteiger charge is 2.28. The third-order valence-electron chi connectivity index (χ3n) is 3.17. The molecule has 3 heteroatoms. The van der Waals surface area contributed by atoms with Crippen molar-refractivity contribution in [3.05, 3.63) is 23.3 Å². The fourth-order valence-corrected chi connectivity index (χ4v) is 2.13. The Hall–Kier alpha value is -0.960. The zero-order chi connectivity index (χ0) is 9.54. The molecular formula is C11H15N3. The summed E-state index contributed by atoms with van der Waals surface area (Å²) in [5.74, 6) is 0.682. The average molecular weight is 189 g/mol. The van der Waals surface area contributed by atoms with Gasteiger partial charge in [0, 0.05) is 18.2 Å². The molecule has 1 atom stereocenters. The highest BCUT2D eigenvalue weighted by atomic mass is 14.9. The molecule has 1 heterocycles. The van der Waals surface area contributed by atoms with E-state index in [1.54, 1.807) is 0 Å². The molecule has 1 aromatic rings. The van der Waals surface area contributed by atoms with Crippen LogP contribution in [0.1, 0.15) is 54.7 Å². The minimum atomic E-state index is 0.130. The van der Waals surface area contributed by atoms with Gasteiger partial charge in [0.05, 0.1) is 17.1 Å². The first kappa shape index (κ1) is 8.36. The van der Waals surface area contributed by atoms with Gasteiger partial charge in [-0.1, -0.05) is 0 Å². The summed E-state index contributed by atoms with van der Waals surface area (Å²) >= 11 is 0. The van der Waals surface area contributed by atoms with Gasteiger partial charge in [-0.2, -0.15) is 0 Å². The minimum absolute atomic E-state index is 0.130. The molecule has 0 aromatic carbocycles. The summed E-state index contributed by atoms with van der Waals surface area (Å²) in [4.78, 5) is 9.16. The van der Waals surface area contributed by atoms with Crippen LogP contribution in [0.15, 0.2) is 6.20 Å². The number of nitrogens with two attached hydrogens (primary N) is 1. The lowest BCUT2D eigenvalue weighted by Crippen LogP contribution is -2.20. The Kier molecular flexibility index (Phi) is 1.80. The molecule has 2 N–H and O–H groups in total. The van der Waals surface area contributed by atoms with Crippen LogP contribution in [0.25, 0.3) is 0 Å². The van der Waals surface area contributed by atoms with E-state index in [9.17, 15) is 0 Å². The van der Waals surface area contributed by atoms with Crippen molar-refractivity contribution in [1.29, 1.82) is 0 Å². The summed E-state index contributed by atoms with van der Waals surface area (Å²) in [6.45, 7) is 0. The van der Waals surface area contributed by atoms with Gasteiger partial charge < -0.3 is 5.73 Å². The average Bonchev–Trinajstić information content (AvgIpc) is 3.01. The van der Waals surface area contributed by atoms with Gasteiger partial charge in [0.25, 0.3) is 0 Å². The van der Waals surface area contributed by atoms with Crippen molar-refractivity contribution in [3.8, 4) is 0 Å². The molecule has 0 bridgehead atoms. The van der Waals surface area contributed by atoms with E-state index in [-0.39, 0.29) is 6.04 Å². The van der Waals surface area contributed by atoms with Crippen LogP contribution in [0.2, 0.25) is 0 Å². The van der Waals surface area contributed by atoms with Crippen LogP contribution in [0.4, 0.5) is 0 Å². The fraction of sp³-hybridized carbons (Fsp3) is 0.636. The Bertz CT molecular complexity index is 358. The summed E-state index contributed by atoms with van der Waals surface area (Å²) < 4.78 is 0. The van der Waals surface area contributed by atoms with Gasteiger partial charge in [-0.05, 0) is 32.1 Å². The first-order valence-corrected chi connectivity index (χ1v) is 5.46. The standard InChI is InChI=1S/C11H15N3/c12-8-2-1-3-9-11(8)14-10(6-13-9)7-4-5-7/h6-8H,1-5,12H2. The Morgan fingerprint density at radius 2 is 2.14 bits per heavy atom. The van der Waals surface area contributed by atoms with Crippen LogP contribution in [0.3, 0.4) is 0 Å². The molecule has 2 aliphatic carbocycles. The van der Waals surface area contributed by atoms with Crippen molar-refractivity contribution in [2.75, 3.05) is 0 Å². The molecule has 0 aliphatic heterocycles. The predicted octanol–water partition coefficient (Wildman–Crippen LogP) is 1.69. The zero-order valence-corrected chi connectivity index (χ0v) is 8.24. The SMILES string of the molecule is NC1CCCc2ncc(C3CC3)nc21. The normalized spacial score (nSPS) is 25.9. The summed E-state index contributed by atoms with van der Waals surface area (Å²) in [6, 6.07) is 0.130. The van der Waals surface area contributed by atoms with Crippen LogP contribution in [-0.2, 0) is 6.42 Å². The number of hydrogen-bond acceptors (Lipinski definition) is 3. The molecule has 0 saturated heterocycles. The molecule has 1 saturated carbocycles. The van der Waals surface area contributed by atoms with Gasteiger partial charge in [-0.3, -0.25) is 9.97 Å². The molecule has 2 aliphatic rings. The summed E-state index contributed by atoms with van der Waals surface area (Å²) in [7, 11) is 0. The molecule has 74 valence electrons. The van der Waals surface area contributed by atoms with Crippen molar-refractivity contribution in [2.24, 2.45) is 5.73 Å². The molecule has 1 aromatic heterocycles. The summed E-state index contributed by atoms with van der Waals surface area (Å²) in [6.07, 6.45) is 7.79. The van der Waals surface area contributed by atoms with Gasteiger partial charge in [0.15, 0.2) is 0 Å². The van der Waals surface area contributed by atoms with Crippen molar-refractivity contribution in [2.45, 2.75) is 44.1 Å². The lowest BCUT2D eigenvalue weighted by molar-refractivity contribution is 0.539. The third kappa shape index (κ3) is 1.32. The van der Waals surface area contributed by atoms with Crippen molar-refractivity contribution < 1.29 is 0 Å². The predicted molar refractivity (Wildman–Crippen MR) is 53.9 cm³/mol. The maximum Gasteiger partial charge on any atom is 0.0789 e. The first-order chi connectivity index (χ1) is 6.84. The van der Waals surface area contributed by atoms with Crippen LogP contribution in [0.5, 0.6) is 0 Å². The second-order valence-electron chi connectivity index (χ2n) is 4.40. The number of nitrogens with zero attached hydrogens (tertiary/aromatic N) is 2. The van der Waals surface area contributed by atoms with Crippen LogP contribution < -0.4 is 5.73 Å². The Morgan fingerprint density at radius 1 is 1.29 bits per heavy atom. The van der Waals surface area contributed by atoms with Crippen LogP contribution in [0, 0.1) is 0 Å². The van der Waals surface area contributed by atoms with Crippen LogP contribution in [-0.4, -0.2) is 9.97 Å². The Balaban J connectivity index is 2.01. The fourth-order valence-electron chi connectivity index (χ4n) is 2.13. The number of aromatic nitrogens is 2. The van der Waals surface area contributed by atoms with Crippen molar-refractivity contribution >= 4 is 0 Å². The quantitative estimate of drug-likeness (QED) is 0.731. The molecular weight excluding hydrogens is 174 g/mol. The summed E-state index contributed by atoms with van der Waals surface area (Å²) in [5, 5.41) is 0. The third-order valence-corrected chi connectivity index (χ3v) is 3.17. The molecule has 14 heavy (non-hydrogen) atoms. The highest BCUT2D eigenvalue weighted by Crippen LogP contribution is 2.39. The lowest BCUT2D eigenvalue weighted by Gasteiger charge is -2.20. The van der Waals surface area contributed by atoms with Gasteiger partial charge in [0.2, 0.25) is 0 Å². The smallest absolute Gasteiger partial charge is 0.0789 e. The first-order valence-electron chi connectivity index (χ1n) is 5.46. The largest absolute Gasteiger partial charge is 0.323 e. The maximum absolute atomic E-state index is 6.03. The highest BCUT2D eigenvalue weighted by molar-refractivity contribution is 5.23. The topological polar surface area (TPSA) is 51.8 Å². The molecule has 0 amide bonds. The Morgan fingerprint density at radius 3 is 2.93 bits per heavy atom. The van der Waals surface area contributed by atoms with Gasteiger partial charge >= 0.3 is 0 Å². The van der Waals surface area contributed by atoms with E-state index in [2.05, 4.69) is 9.97 Å². The maximum atomic E-state index is 6.03. The van der Waals surface area contributed by atoms with E-state index in [1.807, 2.05) is 6.20 Å². The van der Waals surface area contributed by atoms with E-state index in [0.29, 0.717) is 5.92 Å². The number of fused-ring (bicyclic) bond motifs is 1. The van der Waals surface area contributed by atoms with E-state index in [0.717, 1.165) is 30.7 Å². The van der Waals surface area contributed by atoms with Gasteiger partial charge in [0.1, 0.15) is 0 Å². The molecule has 1 fully saturated rings.